The summed E-state index contributed by atoms with van der Waals surface area (Å²) in [7, 11) is 0. The van der Waals surface area contributed by atoms with E-state index in [1.807, 2.05) is 24.3 Å². The molecule has 0 amide bonds. The molecule has 2 aromatic carbocycles. The van der Waals surface area contributed by atoms with E-state index in [0.717, 1.165) is 36.5 Å². The van der Waals surface area contributed by atoms with Crippen LogP contribution in [0.25, 0.3) is 10.8 Å². The molecule has 25 heavy (non-hydrogen) atoms. The van der Waals surface area contributed by atoms with Gasteiger partial charge in [-0.25, -0.2) is 9.59 Å². The van der Waals surface area contributed by atoms with Gasteiger partial charge in [0.15, 0.2) is 0 Å². The Morgan fingerprint density at radius 1 is 0.800 bits per heavy atom. The van der Waals surface area contributed by atoms with E-state index in [1.165, 1.54) is 0 Å². The van der Waals surface area contributed by atoms with Crippen LogP contribution >= 0.6 is 0 Å². The maximum Gasteiger partial charge on any atom is 0.350 e. The normalized spacial score (nSPS) is 13.0. The fraction of sp³-hybridized carbons (Fsp3) is 0.400. The van der Waals surface area contributed by atoms with Gasteiger partial charge in [0.05, 0.1) is 13.2 Å². The molecule has 0 atom stereocenters. The predicted molar refractivity (Wildman–Crippen MR) is 94.5 cm³/mol. The number of ether oxygens (including phenoxy) is 3. The molecule has 0 saturated carbocycles. The van der Waals surface area contributed by atoms with Crippen molar-refractivity contribution in [2.45, 2.75) is 39.5 Å². The van der Waals surface area contributed by atoms with E-state index < -0.39 is 11.9 Å². The maximum absolute atomic E-state index is 12.3. The molecule has 5 heteroatoms. The summed E-state index contributed by atoms with van der Waals surface area (Å²) in [5.74, 6) is -0.509. The molecular weight excluding hydrogens is 320 g/mol. The first kappa shape index (κ1) is 17.3. The molecule has 0 spiro atoms. The fourth-order valence-electron chi connectivity index (χ4n) is 2.89. The first-order valence-corrected chi connectivity index (χ1v) is 8.79. The van der Waals surface area contributed by atoms with E-state index in [1.54, 1.807) is 0 Å². The number of benzene rings is 2. The van der Waals surface area contributed by atoms with Gasteiger partial charge in [0.1, 0.15) is 22.6 Å². The molecule has 0 bridgehead atoms. The highest BCUT2D eigenvalue weighted by molar-refractivity contribution is 6.22. The summed E-state index contributed by atoms with van der Waals surface area (Å²) in [6, 6.07) is 7.50. The molecule has 0 fully saturated rings. The zero-order chi connectivity index (χ0) is 17.8. The topological polar surface area (TPSA) is 61.8 Å². The molecule has 5 nitrogen and oxygen atoms in total. The lowest BCUT2D eigenvalue weighted by Crippen LogP contribution is -2.07. The minimum atomic E-state index is -0.669. The van der Waals surface area contributed by atoms with Crippen LogP contribution in [0.2, 0.25) is 0 Å². The van der Waals surface area contributed by atoms with Gasteiger partial charge < -0.3 is 14.2 Å². The first-order valence-electron chi connectivity index (χ1n) is 8.79. The quantitative estimate of drug-likeness (QED) is 0.401. The SMILES string of the molecule is CCCCOc1c2c(c(OCCCC)c3ccccc13)C(=O)OC2=O. The fourth-order valence-corrected chi connectivity index (χ4v) is 2.89. The lowest BCUT2D eigenvalue weighted by molar-refractivity contribution is 0.0441. The van der Waals surface area contributed by atoms with Gasteiger partial charge in [-0.1, -0.05) is 51.0 Å². The Morgan fingerprint density at radius 2 is 1.24 bits per heavy atom. The smallest absolute Gasteiger partial charge is 0.350 e. The number of carbonyl (C=O) groups excluding carboxylic acids is 2. The van der Waals surface area contributed by atoms with Crippen molar-refractivity contribution in [1.82, 2.24) is 0 Å². The molecule has 0 aromatic heterocycles. The largest absolute Gasteiger partial charge is 0.492 e. The highest BCUT2D eigenvalue weighted by atomic mass is 16.6. The van der Waals surface area contributed by atoms with Gasteiger partial charge in [-0.2, -0.15) is 0 Å². The second kappa shape index (κ2) is 7.55. The lowest BCUT2D eigenvalue weighted by atomic mass is 9.99. The van der Waals surface area contributed by atoms with Crippen molar-refractivity contribution in [3.63, 3.8) is 0 Å². The molecule has 0 radical (unpaired) electrons. The van der Waals surface area contributed by atoms with E-state index in [-0.39, 0.29) is 11.1 Å². The molecule has 0 N–H and O–H groups in total. The zero-order valence-corrected chi connectivity index (χ0v) is 14.6. The Morgan fingerprint density at radius 3 is 1.64 bits per heavy atom. The molecule has 1 heterocycles. The predicted octanol–water partition coefficient (Wildman–Crippen LogP) is 4.51. The summed E-state index contributed by atoms with van der Waals surface area (Å²) in [6.07, 6.45) is 3.67. The summed E-state index contributed by atoms with van der Waals surface area (Å²) in [6.45, 7) is 5.08. The second-order valence-corrected chi connectivity index (χ2v) is 6.03. The Bertz CT molecular complexity index is 743. The monoisotopic (exact) mass is 342 g/mol. The third-order valence-electron chi connectivity index (χ3n) is 4.20. The van der Waals surface area contributed by atoms with Crippen LogP contribution in [0.4, 0.5) is 0 Å². The molecule has 1 aliphatic heterocycles. The van der Waals surface area contributed by atoms with Crippen molar-refractivity contribution in [3.8, 4) is 11.5 Å². The van der Waals surface area contributed by atoms with Crippen molar-refractivity contribution in [1.29, 1.82) is 0 Å². The number of carbonyl (C=O) groups is 2. The van der Waals surface area contributed by atoms with Gasteiger partial charge in [0.25, 0.3) is 0 Å². The molecule has 132 valence electrons. The summed E-state index contributed by atoms with van der Waals surface area (Å²) >= 11 is 0. The second-order valence-electron chi connectivity index (χ2n) is 6.03. The Labute approximate surface area is 146 Å². The standard InChI is InChI=1S/C20H22O5/c1-3-5-11-23-17-13-9-7-8-10-14(13)18(24-12-6-4-2)16-15(17)19(21)25-20(16)22/h7-10H,3-6,11-12H2,1-2H3. The summed E-state index contributed by atoms with van der Waals surface area (Å²) in [5, 5.41) is 1.52. The molecule has 0 saturated heterocycles. The van der Waals surface area contributed by atoms with E-state index in [9.17, 15) is 9.59 Å². The number of cyclic esters (lactones) is 2. The Kier molecular flexibility index (Phi) is 5.22. The number of unbranched alkanes of at least 4 members (excludes halogenated alkanes) is 2. The van der Waals surface area contributed by atoms with E-state index in [2.05, 4.69) is 13.8 Å². The van der Waals surface area contributed by atoms with Crippen LogP contribution in [0.5, 0.6) is 11.5 Å². The number of hydrogen-bond acceptors (Lipinski definition) is 5. The Balaban J connectivity index is 2.19. The number of hydrogen-bond donors (Lipinski definition) is 0. The van der Waals surface area contributed by atoms with Gasteiger partial charge in [0.2, 0.25) is 0 Å². The van der Waals surface area contributed by atoms with Crippen molar-refractivity contribution in [2.75, 3.05) is 13.2 Å². The van der Waals surface area contributed by atoms with E-state index in [0.29, 0.717) is 24.7 Å². The van der Waals surface area contributed by atoms with Crippen LogP contribution in [-0.4, -0.2) is 25.2 Å². The van der Waals surface area contributed by atoms with E-state index in [4.69, 9.17) is 14.2 Å². The van der Waals surface area contributed by atoms with Gasteiger partial charge in [-0.15, -0.1) is 0 Å². The lowest BCUT2D eigenvalue weighted by Gasteiger charge is -2.16. The average Bonchev–Trinajstić information content (AvgIpc) is 2.91. The summed E-state index contributed by atoms with van der Waals surface area (Å²) < 4.78 is 16.6. The first-order chi connectivity index (χ1) is 12.2. The van der Waals surface area contributed by atoms with Gasteiger partial charge in [-0.3, -0.25) is 0 Å². The van der Waals surface area contributed by atoms with Crippen LogP contribution in [0, 0.1) is 0 Å². The number of fused-ring (bicyclic) bond motifs is 2. The highest BCUT2D eigenvalue weighted by Crippen LogP contribution is 2.44. The minimum Gasteiger partial charge on any atom is -0.492 e. The van der Waals surface area contributed by atoms with Crippen molar-refractivity contribution < 1.29 is 23.8 Å². The van der Waals surface area contributed by atoms with Gasteiger partial charge in [0, 0.05) is 10.8 Å². The van der Waals surface area contributed by atoms with Crippen LogP contribution in [0.15, 0.2) is 24.3 Å². The van der Waals surface area contributed by atoms with Crippen LogP contribution in [-0.2, 0) is 4.74 Å². The van der Waals surface area contributed by atoms with Crippen LogP contribution < -0.4 is 9.47 Å². The Hall–Kier alpha value is -2.56. The highest BCUT2D eigenvalue weighted by Gasteiger charge is 2.39. The molecule has 0 aliphatic carbocycles. The molecule has 2 aromatic rings. The average molecular weight is 342 g/mol. The molecule has 0 unspecified atom stereocenters. The van der Waals surface area contributed by atoms with Crippen LogP contribution in [0.1, 0.15) is 60.2 Å². The third kappa shape index (κ3) is 3.18. The molecule has 3 rings (SSSR count). The summed E-state index contributed by atoms with van der Waals surface area (Å²) in [5.41, 5.74) is 0.373. The van der Waals surface area contributed by atoms with E-state index >= 15 is 0 Å². The molecular formula is C20H22O5. The van der Waals surface area contributed by atoms with Crippen LogP contribution in [0.3, 0.4) is 0 Å². The maximum atomic E-state index is 12.3. The third-order valence-corrected chi connectivity index (χ3v) is 4.20. The minimum absolute atomic E-state index is 0.186. The molecule has 1 aliphatic rings. The van der Waals surface area contributed by atoms with Gasteiger partial charge >= 0.3 is 11.9 Å². The zero-order valence-electron chi connectivity index (χ0n) is 14.6. The number of rotatable bonds is 8. The van der Waals surface area contributed by atoms with Crippen molar-refractivity contribution in [2.24, 2.45) is 0 Å². The van der Waals surface area contributed by atoms with Gasteiger partial charge in [-0.05, 0) is 12.8 Å². The van der Waals surface area contributed by atoms with Crippen molar-refractivity contribution in [3.05, 3.63) is 35.4 Å². The van der Waals surface area contributed by atoms with Crippen molar-refractivity contribution >= 4 is 22.7 Å². The summed E-state index contributed by atoms with van der Waals surface area (Å²) in [4.78, 5) is 24.6. The number of esters is 2.